The number of nitrogens with one attached hydrogen (secondary N) is 1. The minimum atomic E-state index is 0.0807. The van der Waals surface area contributed by atoms with Crippen molar-refractivity contribution in [2.75, 3.05) is 0 Å². The van der Waals surface area contributed by atoms with E-state index in [0.29, 0.717) is 0 Å². The zero-order valence-electron chi connectivity index (χ0n) is 14.3. The van der Waals surface area contributed by atoms with Crippen LogP contribution in [0.1, 0.15) is 28.9 Å². The number of aryl methyl sites for hydroxylation is 1. The molecule has 1 aliphatic heterocycles. The monoisotopic (exact) mass is 359 g/mol. The number of para-hydroxylation sites is 1. The van der Waals surface area contributed by atoms with Crippen molar-refractivity contribution in [3.8, 4) is 0 Å². The van der Waals surface area contributed by atoms with E-state index in [2.05, 4.69) is 70.8 Å². The molecule has 0 spiro atoms. The quantitative estimate of drug-likeness (QED) is 0.589. The molecular formula is C20H17N5S. The van der Waals surface area contributed by atoms with Gasteiger partial charge < -0.3 is 4.98 Å². The number of hydrogen-bond acceptors (Lipinski definition) is 4. The number of nitrogens with zero attached hydrogens (tertiary/aromatic N) is 4. The highest BCUT2D eigenvalue weighted by atomic mass is 32.2. The van der Waals surface area contributed by atoms with E-state index in [0.717, 1.165) is 22.9 Å². The second-order valence-electron chi connectivity index (χ2n) is 6.25. The van der Waals surface area contributed by atoms with E-state index < -0.39 is 0 Å². The highest BCUT2D eigenvalue weighted by molar-refractivity contribution is 8.00. The van der Waals surface area contributed by atoms with E-state index in [4.69, 9.17) is 5.10 Å². The van der Waals surface area contributed by atoms with Crippen molar-refractivity contribution in [2.45, 2.75) is 23.8 Å². The van der Waals surface area contributed by atoms with Gasteiger partial charge in [-0.25, -0.2) is 0 Å². The number of rotatable bonds is 3. The second-order valence-corrected chi connectivity index (χ2v) is 7.32. The van der Waals surface area contributed by atoms with Crippen LogP contribution in [0.2, 0.25) is 0 Å². The van der Waals surface area contributed by atoms with Gasteiger partial charge in [0.15, 0.2) is 0 Å². The van der Waals surface area contributed by atoms with Crippen LogP contribution in [-0.4, -0.2) is 25.6 Å². The molecule has 0 bridgehead atoms. The van der Waals surface area contributed by atoms with E-state index >= 15 is 0 Å². The molecule has 3 heterocycles. The summed E-state index contributed by atoms with van der Waals surface area (Å²) in [5.74, 6) is 0. The summed E-state index contributed by atoms with van der Waals surface area (Å²) < 4.78 is 1.77. The molecule has 4 aromatic rings. The van der Waals surface area contributed by atoms with Crippen LogP contribution in [0.3, 0.4) is 0 Å². The Hall–Kier alpha value is -2.86. The summed E-state index contributed by atoms with van der Waals surface area (Å²) in [6.45, 7) is 2.18. The number of hydrogen-bond donors (Lipinski definition) is 1. The van der Waals surface area contributed by atoms with Crippen LogP contribution in [-0.2, 0) is 6.42 Å². The molecule has 1 aliphatic rings. The van der Waals surface area contributed by atoms with Gasteiger partial charge in [-0.05, 0) is 17.5 Å². The van der Waals surface area contributed by atoms with E-state index in [1.54, 1.807) is 22.8 Å². The standard InChI is InChI=1S/C20H17N5S/c1-2-13-9-6-10-15-16(11-21-17(13)15)18-19(14-7-4-3-5-8-14)26-20-23-22-12-25(20)24-18/h3-12,19,21H,2H2,1H3/t19-/m1/s1. The largest absolute Gasteiger partial charge is 0.360 e. The molecule has 0 radical (unpaired) electrons. The SMILES string of the molecule is CCc1cccc2c(C3=Nn4cnnc4S[C@@H]3c3ccccc3)c[nH]c12. The van der Waals surface area contributed by atoms with Gasteiger partial charge in [0, 0.05) is 22.7 Å². The van der Waals surface area contributed by atoms with Crippen LogP contribution in [0.15, 0.2) is 71.3 Å². The van der Waals surface area contributed by atoms with Crippen LogP contribution in [0.25, 0.3) is 10.9 Å². The molecule has 0 unspecified atom stereocenters. The Morgan fingerprint density at radius 3 is 2.85 bits per heavy atom. The van der Waals surface area contributed by atoms with Crippen molar-refractivity contribution in [3.05, 3.63) is 77.7 Å². The van der Waals surface area contributed by atoms with E-state index in [-0.39, 0.29) is 5.25 Å². The van der Waals surface area contributed by atoms with Crippen molar-refractivity contribution in [1.82, 2.24) is 19.9 Å². The molecule has 5 nitrogen and oxygen atoms in total. The highest BCUT2D eigenvalue weighted by Gasteiger charge is 2.29. The molecule has 2 aromatic carbocycles. The van der Waals surface area contributed by atoms with E-state index in [9.17, 15) is 0 Å². The maximum atomic E-state index is 4.88. The molecule has 0 fully saturated rings. The number of fused-ring (bicyclic) bond motifs is 2. The van der Waals surface area contributed by atoms with Crippen LogP contribution >= 0.6 is 11.8 Å². The van der Waals surface area contributed by atoms with Crippen molar-refractivity contribution < 1.29 is 0 Å². The second kappa shape index (κ2) is 6.14. The molecule has 128 valence electrons. The summed E-state index contributed by atoms with van der Waals surface area (Å²) in [5, 5.41) is 15.2. The van der Waals surface area contributed by atoms with Gasteiger partial charge in [0.25, 0.3) is 0 Å². The van der Waals surface area contributed by atoms with E-state index in [1.807, 2.05) is 6.07 Å². The predicted molar refractivity (Wildman–Crippen MR) is 105 cm³/mol. The summed E-state index contributed by atoms with van der Waals surface area (Å²) in [7, 11) is 0. The lowest BCUT2D eigenvalue weighted by Gasteiger charge is -2.22. The molecule has 2 aromatic heterocycles. The van der Waals surface area contributed by atoms with Gasteiger partial charge in [0.2, 0.25) is 5.16 Å². The van der Waals surface area contributed by atoms with E-state index in [1.165, 1.54) is 22.0 Å². The third kappa shape index (κ3) is 2.37. The van der Waals surface area contributed by atoms with Gasteiger partial charge in [-0.15, -0.1) is 10.2 Å². The first-order chi connectivity index (χ1) is 12.8. The molecule has 0 amide bonds. The third-order valence-electron chi connectivity index (χ3n) is 4.75. The normalized spacial score (nSPS) is 16.5. The number of aromatic nitrogens is 4. The Labute approximate surface area is 155 Å². The zero-order chi connectivity index (χ0) is 17.5. The lowest BCUT2D eigenvalue weighted by molar-refractivity contribution is 0.748. The summed E-state index contributed by atoms with van der Waals surface area (Å²) in [6.07, 6.45) is 4.74. The van der Waals surface area contributed by atoms with Gasteiger partial charge in [0.1, 0.15) is 6.33 Å². The Balaban J connectivity index is 1.72. The van der Waals surface area contributed by atoms with Crippen molar-refractivity contribution in [3.63, 3.8) is 0 Å². The Kier molecular flexibility index (Phi) is 3.64. The Bertz CT molecular complexity index is 1110. The van der Waals surface area contributed by atoms with Gasteiger partial charge >= 0.3 is 0 Å². The molecular weight excluding hydrogens is 342 g/mol. The fourth-order valence-electron chi connectivity index (χ4n) is 3.47. The minimum absolute atomic E-state index is 0.0807. The fourth-order valence-corrected chi connectivity index (χ4v) is 4.55. The summed E-state index contributed by atoms with van der Waals surface area (Å²) in [4.78, 5) is 3.46. The summed E-state index contributed by atoms with van der Waals surface area (Å²) in [6, 6.07) is 16.9. The lowest BCUT2D eigenvalue weighted by Crippen LogP contribution is -2.17. The Morgan fingerprint density at radius 2 is 2.00 bits per heavy atom. The molecule has 1 atom stereocenters. The smallest absolute Gasteiger partial charge is 0.212 e. The molecule has 6 heteroatoms. The van der Waals surface area contributed by atoms with Crippen LogP contribution in [0, 0.1) is 0 Å². The molecule has 0 saturated heterocycles. The maximum Gasteiger partial charge on any atom is 0.212 e. The predicted octanol–water partition coefficient (Wildman–Crippen LogP) is 4.42. The summed E-state index contributed by atoms with van der Waals surface area (Å²) in [5.41, 5.74) is 5.88. The molecule has 26 heavy (non-hydrogen) atoms. The van der Waals surface area contributed by atoms with Crippen LogP contribution in [0.5, 0.6) is 0 Å². The highest BCUT2D eigenvalue weighted by Crippen LogP contribution is 2.41. The first-order valence-corrected chi connectivity index (χ1v) is 9.53. The van der Waals surface area contributed by atoms with Gasteiger partial charge in [-0.1, -0.05) is 67.2 Å². The molecule has 1 N–H and O–H groups in total. The number of aromatic amines is 1. The van der Waals surface area contributed by atoms with Crippen molar-refractivity contribution in [1.29, 1.82) is 0 Å². The number of thioether (sulfide) groups is 1. The minimum Gasteiger partial charge on any atom is -0.360 e. The molecule has 0 aliphatic carbocycles. The first-order valence-electron chi connectivity index (χ1n) is 8.65. The van der Waals surface area contributed by atoms with Crippen LogP contribution < -0.4 is 0 Å². The molecule has 5 rings (SSSR count). The van der Waals surface area contributed by atoms with Crippen molar-refractivity contribution >= 4 is 28.4 Å². The third-order valence-corrected chi connectivity index (χ3v) is 5.96. The van der Waals surface area contributed by atoms with Gasteiger partial charge in [-0.2, -0.15) is 9.78 Å². The zero-order valence-corrected chi connectivity index (χ0v) is 15.1. The topological polar surface area (TPSA) is 58.9 Å². The van der Waals surface area contributed by atoms with Crippen molar-refractivity contribution in [2.24, 2.45) is 5.10 Å². The summed E-state index contributed by atoms with van der Waals surface area (Å²) >= 11 is 1.69. The van der Waals surface area contributed by atoms with Gasteiger partial charge in [0.05, 0.1) is 11.0 Å². The van der Waals surface area contributed by atoms with Gasteiger partial charge in [-0.3, -0.25) is 0 Å². The average Bonchev–Trinajstić information content (AvgIpc) is 3.33. The first kappa shape index (κ1) is 15.4. The number of H-pyrrole nitrogens is 1. The van der Waals surface area contributed by atoms with Crippen LogP contribution in [0.4, 0.5) is 0 Å². The maximum absolute atomic E-state index is 4.88. The fraction of sp³-hybridized carbons (Fsp3) is 0.150. The average molecular weight is 359 g/mol. The number of benzene rings is 2. The lowest BCUT2D eigenvalue weighted by atomic mass is 9.99. The molecule has 0 saturated carbocycles. The Morgan fingerprint density at radius 1 is 1.12 bits per heavy atom.